The molecule has 5 nitrogen and oxygen atoms in total. The van der Waals surface area contributed by atoms with E-state index in [2.05, 4.69) is 34.1 Å². The van der Waals surface area contributed by atoms with Gasteiger partial charge >= 0.3 is 0 Å². The molecule has 0 bridgehead atoms. The van der Waals surface area contributed by atoms with Gasteiger partial charge in [0.15, 0.2) is 5.96 Å². The molecule has 1 fully saturated rings. The molecule has 20 heavy (non-hydrogen) atoms. The lowest BCUT2D eigenvalue weighted by molar-refractivity contribution is 0.141. The maximum absolute atomic E-state index is 5.19. The lowest BCUT2D eigenvalue weighted by Crippen LogP contribution is -2.46. The fourth-order valence-corrected chi connectivity index (χ4v) is 2.72. The van der Waals surface area contributed by atoms with Crippen molar-refractivity contribution in [2.45, 2.75) is 38.6 Å². The van der Waals surface area contributed by atoms with E-state index < -0.39 is 0 Å². The minimum atomic E-state index is 0.612. The molecule has 1 rings (SSSR count). The van der Waals surface area contributed by atoms with Crippen LogP contribution < -0.4 is 5.32 Å². The molecule has 0 aromatic heterocycles. The summed E-state index contributed by atoms with van der Waals surface area (Å²) in [5.41, 5.74) is 0. The van der Waals surface area contributed by atoms with Gasteiger partial charge in [0.25, 0.3) is 0 Å². The van der Waals surface area contributed by atoms with E-state index in [0.717, 1.165) is 32.2 Å². The third kappa shape index (κ3) is 5.67. The van der Waals surface area contributed by atoms with Crippen LogP contribution in [0.4, 0.5) is 0 Å². The molecular weight excluding hydrogens is 252 g/mol. The van der Waals surface area contributed by atoms with Crippen LogP contribution in [0.2, 0.25) is 0 Å². The Morgan fingerprint density at radius 1 is 1.50 bits per heavy atom. The van der Waals surface area contributed by atoms with Crippen LogP contribution in [0.5, 0.6) is 0 Å². The van der Waals surface area contributed by atoms with E-state index in [-0.39, 0.29) is 0 Å². The Hall–Kier alpha value is -0.810. The van der Waals surface area contributed by atoms with Gasteiger partial charge in [-0.05, 0) is 25.8 Å². The third-order valence-electron chi connectivity index (χ3n) is 4.00. The van der Waals surface area contributed by atoms with Crippen LogP contribution in [-0.4, -0.2) is 75.8 Å². The van der Waals surface area contributed by atoms with E-state index in [4.69, 9.17) is 4.74 Å². The van der Waals surface area contributed by atoms with Crippen LogP contribution in [0.25, 0.3) is 0 Å². The zero-order valence-corrected chi connectivity index (χ0v) is 13.7. The molecular formula is C15H32N4O. The van der Waals surface area contributed by atoms with Crippen molar-refractivity contribution in [3.8, 4) is 0 Å². The first-order chi connectivity index (χ1) is 9.72. The zero-order chi connectivity index (χ0) is 14.8. The first-order valence-electron chi connectivity index (χ1n) is 7.87. The number of rotatable bonds is 8. The Kier molecular flexibility index (Phi) is 8.62. The second-order valence-corrected chi connectivity index (χ2v) is 5.53. The number of aliphatic imine (C=N–C) groups is 1. The molecule has 1 N–H and O–H groups in total. The van der Waals surface area contributed by atoms with E-state index in [1.54, 1.807) is 7.11 Å². The SMILES string of the molecule is CCCCN(C)C(=NC)NCC1CCCN1CCOC. The topological polar surface area (TPSA) is 40.1 Å². The highest BCUT2D eigenvalue weighted by molar-refractivity contribution is 5.79. The van der Waals surface area contributed by atoms with Crippen molar-refractivity contribution in [2.75, 3.05) is 54.0 Å². The predicted molar refractivity (Wildman–Crippen MR) is 85.4 cm³/mol. The normalized spacial score (nSPS) is 20.4. The Labute approximate surface area is 124 Å². The summed E-state index contributed by atoms with van der Waals surface area (Å²) < 4.78 is 5.19. The number of hydrogen-bond donors (Lipinski definition) is 1. The van der Waals surface area contributed by atoms with Gasteiger partial charge in [-0.1, -0.05) is 13.3 Å². The van der Waals surface area contributed by atoms with Gasteiger partial charge in [0, 0.05) is 46.9 Å². The monoisotopic (exact) mass is 284 g/mol. The van der Waals surface area contributed by atoms with Crippen molar-refractivity contribution in [2.24, 2.45) is 4.99 Å². The van der Waals surface area contributed by atoms with E-state index >= 15 is 0 Å². The first-order valence-corrected chi connectivity index (χ1v) is 7.87. The molecule has 0 aromatic carbocycles. The molecule has 1 aliphatic rings. The quantitative estimate of drug-likeness (QED) is 0.540. The lowest BCUT2D eigenvalue weighted by atomic mass is 10.2. The predicted octanol–water partition coefficient (Wildman–Crippen LogP) is 1.40. The third-order valence-corrected chi connectivity index (χ3v) is 4.00. The van der Waals surface area contributed by atoms with Gasteiger partial charge in [-0.3, -0.25) is 9.89 Å². The van der Waals surface area contributed by atoms with E-state index in [1.807, 2.05) is 7.05 Å². The van der Waals surface area contributed by atoms with Crippen molar-refractivity contribution in [1.29, 1.82) is 0 Å². The van der Waals surface area contributed by atoms with Crippen LogP contribution >= 0.6 is 0 Å². The molecule has 1 heterocycles. The Balaban J connectivity index is 2.35. The Morgan fingerprint density at radius 3 is 2.95 bits per heavy atom. The highest BCUT2D eigenvalue weighted by Gasteiger charge is 2.24. The molecule has 0 aromatic rings. The van der Waals surface area contributed by atoms with E-state index in [9.17, 15) is 0 Å². The number of guanidine groups is 1. The number of nitrogens with one attached hydrogen (secondary N) is 1. The van der Waals surface area contributed by atoms with E-state index in [0.29, 0.717) is 6.04 Å². The van der Waals surface area contributed by atoms with Crippen LogP contribution in [0.3, 0.4) is 0 Å². The molecule has 0 aliphatic carbocycles. The first kappa shape index (κ1) is 17.2. The average molecular weight is 284 g/mol. The Bertz CT molecular complexity index is 283. The Morgan fingerprint density at radius 2 is 2.30 bits per heavy atom. The molecule has 0 spiro atoms. The van der Waals surface area contributed by atoms with Crippen LogP contribution in [0.15, 0.2) is 4.99 Å². The van der Waals surface area contributed by atoms with Gasteiger partial charge in [0.2, 0.25) is 0 Å². The molecule has 118 valence electrons. The number of ether oxygens (including phenoxy) is 1. The number of likely N-dealkylation sites (tertiary alicyclic amines) is 1. The van der Waals surface area contributed by atoms with Crippen molar-refractivity contribution < 1.29 is 4.74 Å². The summed E-state index contributed by atoms with van der Waals surface area (Å²) in [5, 5.41) is 3.52. The average Bonchev–Trinajstić information content (AvgIpc) is 2.91. The van der Waals surface area contributed by atoms with Gasteiger partial charge in [0.05, 0.1) is 6.61 Å². The van der Waals surface area contributed by atoms with Crippen molar-refractivity contribution >= 4 is 5.96 Å². The van der Waals surface area contributed by atoms with E-state index in [1.165, 1.54) is 32.2 Å². The van der Waals surface area contributed by atoms with Gasteiger partial charge in [0.1, 0.15) is 0 Å². The molecule has 1 saturated heterocycles. The van der Waals surface area contributed by atoms with Crippen LogP contribution in [-0.2, 0) is 4.74 Å². The van der Waals surface area contributed by atoms with Crippen molar-refractivity contribution in [3.63, 3.8) is 0 Å². The van der Waals surface area contributed by atoms with Gasteiger partial charge in [-0.2, -0.15) is 0 Å². The largest absolute Gasteiger partial charge is 0.383 e. The number of methoxy groups -OCH3 is 1. The van der Waals surface area contributed by atoms with Gasteiger partial charge in [-0.15, -0.1) is 0 Å². The zero-order valence-electron chi connectivity index (χ0n) is 13.7. The number of unbranched alkanes of at least 4 members (excludes halogenated alkanes) is 1. The summed E-state index contributed by atoms with van der Waals surface area (Å²) in [6.45, 7) is 7.31. The summed E-state index contributed by atoms with van der Waals surface area (Å²) in [6, 6.07) is 0.612. The molecule has 0 amide bonds. The highest BCUT2D eigenvalue weighted by Crippen LogP contribution is 2.15. The second kappa shape index (κ2) is 10.00. The molecule has 0 radical (unpaired) electrons. The summed E-state index contributed by atoms with van der Waals surface area (Å²) >= 11 is 0. The van der Waals surface area contributed by atoms with Gasteiger partial charge in [-0.25, -0.2) is 0 Å². The summed E-state index contributed by atoms with van der Waals surface area (Å²) in [4.78, 5) is 9.12. The van der Waals surface area contributed by atoms with Crippen molar-refractivity contribution in [3.05, 3.63) is 0 Å². The standard InChI is InChI=1S/C15H32N4O/c1-5-6-9-18(3)15(16-2)17-13-14-8-7-10-19(14)11-12-20-4/h14H,5-13H2,1-4H3,(H,16,17). The molecule has 1 unspecified atom stereocenters. The van der Waals surface area contributed by atoms with Crippen LogP contribution in [0, 0.1) is 0 Å². The lowest BCUT2D eigenvalue weighted by Gasteiger charge is -2.27. The molecule has 1 aliphatic heterocycles. The smallest absolute Gasteiger partial charge is 0.193 e. The number of hydrogen-bond acceptors (Lipinski definition) is 3. The van der Waals surface area contributed by atoms with Crippen molar-refractivity contribution in [1.82, 2.24) is 15.1 Å². The summed E-state index contributed by atoms with van der Waals surface area (Å²) in [6.07, 6.45) is 4.99. The maximum atomic E-state index is 5.19. The second-order valence-electron chi connectivity index (χ2n) is 5.53. The molecule has 1 atom stereocenters. The van der Waals surface area contributed by atoms with Crippen LogP contribution in [0.1, 0.15) is 32.6 Å². The minimum absolute atomic E-state index is 0.612. The maximum Gasteiger partial charge on any atom is 0.193 e. The minimum Gasteiger partial charge on any atom is -0.383 e. The fourth-order valence-electron chi connectivity index (χ4n) is 2.72. The summed E-state index contributed by atoms with van der Waals surface area (Å²) in [5.74, 6) is 1.01. The fraction of sp³-hybridized carbons (Fsp3) is 0.933. The highest BCUT2D eigenvalue weighted by atomic mass is 16.5. The number of nitrogens with zero attached hydrogens (tertiary/aromatic N) is 3. The van der Waals surface area contributed by atoms with Gasteiger partial charge < -0.3 is 15.0 Å². The summed E-state index contributed by atoms with van der Waals surface area (Å²) in [7, 11) is 5.75. The molecule has 5 heteroatoms. The molecule has 0 saturated carbocycles.